The smallest absolute Gasteiger partial charge is 0.138 e. The van der Waals surface area contributed by atoms with Gasteiger partial charge in [0.05, 0.1) is 11.6 Å². The maximum atomic E-state index is 12.4. The standard InChI is InChI=1S/C20H27NO2/c1-19(2,3)17(22)11-16(12-18(23)20(4,5)6)15-9-7-14(13-21)8-10-15/h7-10,16H,11-12H2,1-6H3. The number of ketones is 2. The number of Topliss-reactive ketones (excluding diaryl/α,β-unsaturated/α-hetero) is 2. The van der Waals surface area contributed by atoms with Crippen LogP contribution in [0.5, 0.6) is 0 Å². The van der Waals surface area contributed by atoms with Crippen LogP contribution in [0.4, 0.5) is 0 Å². The van der Waals surface area contributed by atoms with E-state index in [0.29, 0.717) is 18.4 Å². The molecule has 23 heavy (non-hydrogen) atoms. The van der Waals surface area contributed by atoms with Crippen LogP contribution in [-0.4, -0.2) is 11.6 Å². The molecule has 0 aliphatic rings. The summed E-state index contributed by atoms with van der Waals surface area (Å²) in [6, 6.07) is 9.28. The summed E-state index contributed by atoms with van der Waals surface area (Å²) in [6.07, 6.45) is 0.689. The van der Waals surface area contributed by atoms with E-state index in [9.17, 15) is 9.59 Å². The summed E-state index contributed by atoms with van der Waals surface area (Å²) in [5.74, 6) is 0.156. The molecule has 0 radical (unpaired) electrons. The van der Waals surface area contributed by atoms with Gasteiger partial charge in [0.1, 0.15) is 11.6 Å². The molecule has 0 saturated carbocycles. The zero-order valence-corrected chi connectivity index (χ0v) is 15.1. The second-order valence-electron chi connectivity index (χ2n) is 8.19. The van der Waals surface area contributed by atoms with Gasteiger partial charge in [0.15, 0.2) is 0 Å². The fourth-order valence-corrected chi connectivity index (χ4v) is 2.20. The summed E-state index contributed by atoms with van der Waals surface area (Å²) in [4.78, 5) is 24.9. The van der Waals surface area contributed by atoms with Crippen molar-refractivity contribution in [2.75, 3.05) is 0 Å². The third kappa shape index (κ3) is 5.63. The monoisotopic (exact) mass is 313 g/mol. The van der Waals surface area contributed by atoms with Gasteiger partial charge in [0, 0.05) is 23.7 Å². The number of hydrogen-bond donors (Lipinski definition) is 0. The van der Waals surface area contributed by atoms with E-state index in [2.05, 4.69) is 6.07 Å². The van der Waals surface area contributed by atoms with Crippen LogP contribution in [-0.2, 0) is 9.59 Å². The lowest BCUT2D eigenvalue weighted by Gasteiger charge is -2.25. The lowest BCUT2D eigenvalue weighted by Crippen LogP contribution is -2.26. The molecule has 0 aromatic heterocycles. The first kappa shape index (κ1) is 19.1. The molecule has 124 valence electrons. The van der Waals surface area contributed by atoms with Crippen LogP contribution in [0.2, 0.25) is 0 Å². The molecule has 1 aromatic carbocycles. The van der Waals surface area contributed by atoms with Gasteiger partial charge in [-0.3, -0.25) is 9.59 Å². The van der Waals surface area contributed by atoms with Crippen LogP contribution in [0.3, 0.4) is 0 Å². The van der Waals surface area contributed by atoms with Crippen molar-refractivity contribution < 1.29 is 9.59 Å². The van der Waals surface area contributed by atoms with Crippen molar-refractivity contribution >= 4 is 11.6 Å². The van der Waals surface area contributed by atoms with Crippen LogP contribution in [0, 0.1) is 22.2 Å². The molecule has 3 heteroatoms. The maximum Gasteiger partial charge on any atom is 0.138 e. The molecule has 0 aliphatic heterocycles. The molecule has 0 spiro atoms. The first-order valence-corrected chi connectivity index (χ1v) is 8.02. The summed E-state index contributed by atoms with van der Waals surface area (Å²) < 4.78 is 0. The van der Waals surface area contributed by atoms with Gasteiger partial charge in [0.2, 0.25) is 0 Å². The van der Waals surface area contributed by atoms with Gasteiger partial charge in [0.25, 0.3) is 0 Å². The Kier molecular flexibility index (Phi) is 5.88. The van der Waals surface area contributed by atoms with Crippen molar-refractivity contribution in [1.29, 1.82) is 5.26 Å². The normalized spacial score (nSPS) is 12.1. The Bertz CT molecular complexity index is 579. The van der Waals surface area contributed by atoms with Gasteiger partial charge in [-0.15, -0.1) is 0 Å². The van der Waals surface area contributed by atoms with E-state index in [1.807, 2.05) is 53.7 Å². The average molecular weight is 313 g/mol. The Labute approximate surface area is 139 Å². The molecule has 0 heterocycles. The van der Waals surface area contributed by atoms with Crippen LogP contribution < -0.4 is 0 Å². The summed E-state index contributed by atoms with van der Waals surface area (Å²) >= 11 is 0. The molecule has 0 unspecified atom stereocenters. The first-order chi connectivity index (χ1) is 10.4. The lowest BCUT2D eigenvalue weighted by molar-refractivity contribution is -0.128. The van der Waals surface area contributed by atoms with Crippen molar-refractivity contribution in [3.63, 3.8) is 0 Å². The third-order valence-corrected chi connectivity index (χ3v) is 4.05. The van der Waals surface area contributed by atoms with Gasteiger partial charge in [-0.25, -0.2) is 0 Å². The highest BCUT2D eigenvalue weighted by Gasteiger charge is 2.30. The molecule has 1 aromatic rings. The molecular weight excluding hydrogens is 286 g/mol. The molecule has 0 bridgehead atoms. The Morgan fingerprint density at radius 3 is 1.61 bits per heavy atom. The maximum absolute atomic E-state index is 12.4. The molecule has 0 N–H and O–H groups in total. The molecule has 0 amide bonds. The van der Waals surface area contributed by atoms with Gasteiger partial charge in [-0.1, -0.05) is 53.7 Å². The van der Waals surface area contributed by atoms with Gasteiger partial charge >= 0.3 is 0 Å². The highest BCUT2D eigenvalue weighted by molar-refractivity contribution is 5.87. The Morgan fingerprint density at radius 1 is 0.913 bits per heavy atom. The number of nitriles is 1. The third-order valence-electron chi connectivity index (χ3n) is 4.05. The summed E-state index contributed by atoms with van der Waals surface area (Å²) in [5.41, 5.74) is 0.682. The van der Waals surface area contributed by atoms with E-state index in [0.717, 1.165) is 5.56 Å². The zero-order valence-electron chi connectivity index (χ0n) is 15.1. The highest BCUT2D eigenvalue weighted by Crippen LogP contribution is 2.32. The summed E-state index contributed by atoms with van der Waals surface area (Å²) in [7, 11) is 0. The van der Waals surface area contributed by atoms with E-state index < -0.39 is 10.8 Å². The number of nitrogens with zero attached hydrogens (tertiary/aromatic N) is 1. The summed E-state index contributed by atoms with van der Waals surface area (Å²) in [5, 5.41) is 8.91. The SMILES string of the molecule is CC(C)(C)C(=O)CC(CC(=O)C(C)(C)C)c1ccc(C#N)cc1. The number of carbonyl (C=O) groups excluding carboxylic acids is 2. The molecule has 0 fully saturated rings. The Balaban J connectivity index is 3.07. The van der Waals surface area contributed by atoms with Crippen molar-refractivity contribution in [1.82, 2.24) is 0 Å². The Hall–Kier alpha value is -1.95. The molecule has 1 rings (SSSR count). The first-order valence-electron chi connectivity index (χ1n) is 8.02. The second-order valence-corrected chi connectivity index (χ2v) is 8.19. The van der Waals surface area contributed by atoms with Crippen molar-refractivity contribution in [3.8, 4) is 6.07 Å². The van der Waals surface area contributed by atoms with E-state index in [1.165, 1.54) is 0 Å². The minimum Gasteiger partial charge on any atom is -0.299 e. The van der Waals surface area contributed by atoms with E-state index in [1.54, 1.807) is 12.1 Å². The van der Waals surface area contributed by atoms with Crippen LogP contribution in [0.15, 0.2) is 24.3 Å². The van der Waals surface area contributed by atoms with Crippen LogP contribution in [0.25, 0.3) is 0 Å². The molecule has 0 saturated heterocycles. The number of carbonyl (C=O) groups is 2. The van der Waals surface area contributed by atoms with Crippen molar-refractivity contribution in [2.45, 2.75) is 60.3 Å². The largest absolute Gasteiger partial charge is 0.299 e. The fraction of sp³-hybridized carbons (Fsp3) is 0.550. The Morgan fingerprint density at radius 2 is 1.30 bits per heavy atom. The van der Waals surface area contributed by atoms with Crippen molar-refractivity contribution in [3.05, 3.63) is 35.4 Å². The quantitative estimate of drug-likeness (QED) is 0.795. The predicted octanol–water partition coefficient (Wildman–Crippen LogP) is 4.65. The molecule has 0 aliphatic carbocycles. The second kappa shape index (κ2) is 7.08. The summed E-state index contributed by atoms with van der Waals surface area (Å²) in [6.45, 7) is 11.4. The van der Waals surface area contributed by atoms with Gasteiger partial charge < -0.3 is 0 Å². The topological polar surface area (TPSA) is 57.9 Å². The number of hydrogen-bond acceptors (Lipinski definition) is 3. The number of benzene rings is 1. The molecule has 0 atom stereocenters. The van der Waals surface area contributed by atoms with E-state index in [-0.39, 0.29) is 17.5 Å². The molecule has 3 nitrogen and oxygen atoms in total. The predicted molar refractivity (Wildman–Crippen MR) is 92.1 cm³/mol. The van der Waals surface area contributed by atoms with Gasteiger partial charge in [-0.2, -0.15) is 5.26 Å². The minimum absolute atomic E-state index is 0.138. The zero-order chi connectivity index (χ0) is 17.8. The molecular formula is C20H27NO2. The minimum atomic E-state index is -0.421. The highest BCUT2D eigenvalue weighted by atomic mass is 16.1. The van der Waals surface area contributed by atoms with E-state index >= 15 is 0 Å². The van der Waals surface area contributed by atoms with Crippen LogP contribution in [0.1, 0.15) is 71.4 Å². The van der Waals surface area contributed by atoms with E-state index in [4.69, 9.17) is 5.26 Å². The lowest BCUT2D eigenvalue weighted by atomic mass is 9.78. The van der Waals surface area contributed by atoms with Crippen LogP contribution >= 0.6 is 0 Å². The average Bonchev–Trinajstić information content (AvgIpc) is 2.44. The fourth-order valence-electron chi connectivity index (χ4n) is 2.20. The van der Waals surface area contributed by atoms with Gasteiger partial charge in [-0.05, 0) is 23.6 Å². The van der Waals surface area contributed by atoms with Crippen molar-refractivity contribution in [2.24, 2.45) is 10.8 Å². The number of rotatable bonds is 5.